The zero-order valence-electron chi connectivity index (χ0n) is 20.0. The number of rotatable bonds is 7. The molecule has 35 heavy (non-hydrogen) atoms. The molecular formula is C25H29N5O4S. The van der Waals surface area contributed by atoms with Crippen molar-refractivity contribution in [1.29, 1.82) is 0 Å². The lowest BCUT2D eigenvalue weighted by molar-refractivity contribution is -0.127. The van der Waals surface area contributed by atoms with Gasteiger partial charge in [-0.2, -0.15) is 0 Å². The summed E-state index contributed by atoms with van der Waals surface area (Å²) in [6, 6.07) is 14.0. The molecule has 0 bridgehead atoms. The third kappa shape index (κ3) is 5.38. The highest BCUT2D eigenvalue weighted by molar-refractivity contribution is 7.99. The second-order valence-corrected chi connectivity index (χ2v) is 9.52. The Bertz CT molecular complexity index is 1190. The fraction of sp³-hybridized carbons (Fsp3) is 0.400. The molecule has 2 aliphatic rings. The molecule has 3 heterocycles. The van der Waals surface area contributed by atoms with Crippen LogP contribution in [0, 0.1) is 6.92 Å². The Morgan fingerprint density at radius 1 is 1.03 bits per heavy atom. The van der Waals surface area contributed by atoms with Gasteiger partial charge < -0.3 is 24.0 Å². The van der Waals surface area contributed by atoms with Gasteiger partial charge in [-0.25, -0.2) is 0 Å². The van der Waals surface area contributed by atoms with E-state index in [1.807, 2.05) is 41.9 Å². The van der Waals surface area contributed by atoms with Gasteiger partial charge in [0.1, 0.15) is 13.2 Å². The third-order valence-corrected chi connectivity index (χ3v) is 6.86. The van der Waals surface area contributed by atoms with Gasteiger partial charge in [0.05, 0.1) is 24.7 Å². The van der Waals surface area contributed by atoms with E-state index in [0.29, 0.717) is 38.1 Å². The molecule has 0 spiro atoms. The predicted molar refractivity (Wildman–Crippen MR) is 134 cm³/mol. The van der Waals surface area contributed by atoms with E-state index in [2.05, 4.69) is 34.2 Å². The number of thioether (sulfide) groups is 1. The van der Waals surface area contributed by atoms with Gasteiger partial charge in [-0.15, -0.1) is 10.2 Å². The number of hydrogen-bond acceptors (Lipinski definition) is 8. The summed E-state index contributed by atoms with van der Waals surface area (Å²) in [5.41, 5.74) is 3.12. The molecule has 5 rings (SSSR count). The van der Waals surface area contributed by atoms with Crippen LogP contribution in [-0.4, -0.2) is 77.9 Å². The minimum atomic E-state index is 0.0107. The summed E-state index contributed by atoms with van der Waals surface area (Å²) in [6.45, 7) is 6.47. The summed E-state index contributed by atoms with van der Waals surface area (Å²) in [7, 11) is 1.81. The number of anilines is 1. The molecule has 0 atom stereocenters. The largest absolute Gasteiger partial charge is 0.486 e. The van der Waals surface area contributed by atoms with Crippen molar-refractivity contribution in [3.8, 4) is 17.2 Å². The van der Waals surface area contributed by atoms with Gasteiger partial charge in [-0.1, -0.05) is 30.0 Å². The zero-order valence-corrected chi connectivity index (χ0v) is 20.8. The molecule has 1 saturated heterocycles. The summed E-state index contributed by atoms with van der Waals surface area (Å²) in [6.07, 6.45) is 0. The molecule has 3 aromatic rings. The van der Waals surface area contributed by atoms with E-state index in [4.69, 9.17) is 14.2 Å². The molecule has 0 saturated carbocycles. The lowest BCUT2D eigenvalue weighted by Crippen LogP contribution is -2.37. The van der Waals surface area contributed by atoms with Crippen LogP contribution in [0.2, 0.25) is 0 Å². The molecule has 0 N–H and O–H groups in total. The second-order valence-electron chi connectivity index (χ2n) is 8.57. The number of benzene rings is 2. The molecule has 0 aliphatic carbocycles. The van der Waals surface area contributed by atoms with Crippen LogP contribution in [0.5, 0.6) is 11.5 Å². The monoisotopic (exact) mass is 495 g/mol. The number of carbonyl (C=O) groups is 1. The summed E-state index contributed by atoms with van der Waals surface area (Å²) >= 11 is 1.40. The number of morpholine rings is 1. The van der Waals surface area contributed by atoms with E-state index in [1.54, 1.807) is 4.90 Å². The molecule has 0 radical (unpaired) electrons. The number of aromatic nitrogens is 3. The quantitative estimate of drug-likeness (QED) is 0.463. The predicted octanol–water partition coefficient (Wildman–Crippen LogP) is 2.93. The highest BCUT2D eigenvalue weighted by atomic mass is 32.2. The highest BCUT2D eigenvalue weighted by Crippen LogP contribution is 2.31. The van der Waals surface area contributed by atoms with Gasteiger partial charge in [0, 0.05) is 26.7 Å². The minimum Gasteiger partial charge on any atom is -0.486 e. The molecule has 9 nitrogen and oxygen atoms in total. The summed E-state index contributed by atoms with van der Waals surface area (Å²) in [5.74, 6) is 2.52. The first-order valence-electron chi connectivity index (χ1n) is 11.7. The molecule has 1 amide bonds. The van der Waals surface area contributed by atoms with Gasteiger partial charge in [0.25, 0.3) is 0 Å². The zero-order chi connectivity index (χ0) is 24.2. The van der Waals surface area contributed by atoms with Crippen LogP contribution in [0.3, 0.4) is 0 Å². The number of amides is 1. The molecule has 184 valence electrons. The smallest absolute Gasteiger partial charge is 0.233 e. The van der Waals surface area contributed by atoms with Crippen molar-refractivity contribution in [3.63, 3.8) is 0 Å². The number of nitrogens with zero attached hydrogens (tertiary/aromatic N) is 5. The summed E-state index contributed by atoms with van der Waals surface area (Å²) < 4.78 is 18.8. The Kier molecular flexibility index (Phi) is 7.10. The fourth-order valence-corrected chi connectivity index (χ4v) is 4.99. The van der Waals surface area contributed by atoms with Crippen LogP contribution in [0.4, 0.5) is 5.95 Å². The van der Waals surface area contributed by atoms with Crippen LogP contribution in [0.25, 0.3) is 5.69 Å². The van der Waals surface area contributed by atoms with Crippen molar-refractivity contribution < 1.29 is 19.0 Å². The Balaban J connectivity index is 1.29. The lowest BCUT2D eigenvalue weighted by atomic mass is 10.2. The second kappa shape index (κ2) is 10.6. The molecule has 1 fully saturated rings. The SMILES string of the molecule is Cc1cccc(-n2c(SCC(=O)N(C)Cc3ccc4c(c3)OCCO4)nnc2N2CCOCC2)c1. The van der Waals surface area contributed by atoms with Crippen LogP contribution in [-0.2, 0) is 16.1 Å². The fourth-order valence-electron chi connectivity index (χ4n) is 4.10. The number of ether oxygens (including phenoxy) is 3. The normalized spacial score (nSPS) is 15.2. The van der Waals surface area contributed by atoms with Gasteiger partial charge >= 0.3 is 0 Å². The van der Waals surface area contributed by atoms with Gasteiger partial charge in [0.2, 0.25) is 11.9 Å². The van der Waals surface area contributed by atoms with Crippen molar-refractivity contribution >= 4 is 23.6 Å². The van der Waals surface area contributed by atoms with Crippen LogP contribution in [0.1, 0.15) is 11.1 Å². The van der Waals surface area contributed by atoms with E-state index in [9.17, 15) is 4.79 Å². The maximum Gasteiger partial charge on any atom is 0.233 e. The van der Waals surface area contributed by atoms with Crippen molar-refractivity contribution in [1.82, 2.24) is 19.7 Å². The van der Waals surface area contributed by atoms with Gasteiger partial charge in [-0.05, 0) is 42.3 Å². The Morgan fingerprint density at radius 2 is 1.83 bits per heavy atom. The average molecular weight is 496 g/mol. The maximum absolute atomic E-state index is 13.0. The van der Waals surface area contributed by atoms with Crippen molar-refractivity contribution in [2.45, 2.75) is 18.6 Å². The maximum atomic E-state index is 13.0. The van der Waals surface area contributed by atoms with Crippen molar-refractivity contribution in [2.24, 2.45) is 0 Å². The Morgan fingerprint density at radius 3 is 2.63 bits per heavy atom. The minimum absolute atomic E-state index is 0.0107. The number of carbonyl (C=O) groups excluding carboxylic acids is 1. The molecule has 2 aliphatic heterocycles. The highest BCUT2D eigenvalue weighted by Gasteiger charge is 2.23. The number of hydrogen-bond donors (Lipinski definition) is 0. The van der Waals surface area contributed by atoms with Crippen LogP contribution < -0.4 is 14.4 Å². The standard InChI is InChI=1S/C25H29N5O4S/c1-18-4-3-5-20(14-18)30-24(29-8-10-32-11-9-29)26-27-25(30)35-17-23(31)28(2)16-19-6-7-21-22(15-19)34-13-12-33-21/h3-7,14-15H,8-13,16-17H2,1-2H3. The Hall–Kier alpha value is -3.24. The van der Waals surface area contributed by atoms with Crippen LogP contribution >= 0.6 is 11.8 Å². The van der Waals surface area contributed by atoms with E-state index in [-0.39, 0.29) is 11.7 Å². The molecule has 10 heteroatoms. The van der Waals surface area contributed by atoms with Gasteiger partial charge in [-0.3, -0.25) is 9.36 Å². The van der Waals surface area contributed by atoms with Gasteiger partial charge in [0.15, 0.2) is 16.7 Å². The average Bonchev–Trinajstić information content (AvgIpc) is 3.31. The summed E-state index contributed by atoms with van der Waals surface area (Å²) in [4.78, 5) is 16.9. The van der Waals surface area contributed by atoms with E-state index in [0.717, 1.165) is 47.4 Å². The number of aryl methyl sites for hydroxylation is 1. The molecular weight excluding hydrogens is 466 g/mol. The first kappa shape index (κ1) is 23.5. The van der Waals surface area contributed by atoms with Crippen LogP contribution in [0.15, 0.2) is 47.6 Å². The van der Waals surface area contributed by atoms with E-state index < -0.39 is 0 Å². The topological polar surface area (TPSA) is 82.0 Å². The first-order valence-corrected chi connectivity index (χ1v) is 12.7. The molecule has 0 unspecified atom stereocenters. The molecule has 1 aromatic heterocycles. The first-order chi connectivity index (χ1) is 17.1. The number of fused-ring (bicyclic) bond motifs is 1. The van der Waals surface area contributed by atoms with E-state index >= 15 is 0 Å². The summed E-state index contributed by atoms with van der Waals surface area (Å²) in [5, 5.41) is 9.64. The Labute approximate surface area is 209 Å². The lowest BCUT2D eigenvalue weighted by Gasteiger charge is -2.28. The van der Waals surface area contributed by atoms with Crippen molar-refractivity contribution in [2.75, 3.05) is 57.2 Å². The van der Waals surface area contributed by atoms with E-state index in [1.165, 1.54) is 11.8 Å². The third-order valence-electron chi connectivity index (χ3n) is 5.95. The molecule has 2 aromatic carbocycles. The van der Waals surface area contributed by atoms with Crippen molar-refractivity contribution in [3.05, 3.63) is 53.6 Å².